The zero-order valence-electron chi connectivity index (χ0n) is 12.8. The van der Waals surface area contributed by atoms with Gasteiger partial charge in [0, 0.05) is 29.6 Å². The fraction of sp³-hybridized carbons (Fsp3) is 0.438. The van der Waals surface area contributed by atoms with Gasteiger partial charge >= 0.3 is 0 Å². The molecule has 2 heterocycles. The van der Waals surface area contributed by atoms with Crippen molar-refractivity contribution < 1.29 is 9.32 Å². The second kappa shape index (κ2) is 5.72. The quantitative estimate of drug-likeness (QED) is 0.866. The van der Waals surface area contributed by atoms with Crippen molar-refractivity contribution in [1.29, 1.82) is 0 Å². The zero-order valence-corrected chi connectivity index (χ0v) is 13.6. The first-order valence-electron chi connectivity index (χ1n) is 7.35. The molecule has 3 rings (SSSR count). The highest BCUT2D eigenvalue weighted by Crippen LogP contribution is 2.33. The summed E-state index contributed by atoms with van der Waals surface area (Å²) in [5.41, 5.74) is 1.80. The Balaban J connectivity index is 1.81. The van der Waals surface area contributed by atoms with Crippen LogP contribution in [0.3, 0.4) is 0 Å². The number of nitrogens with zero attached hydrogens (tertiary/aromatic N) is 3. The molecule has 116 valence electrons. The molecule has 6 heteroatoms. The Labute approximate surface area is 134 Å². The van der Waals surface area contributed by atoms with E-state index >= 15 is 0 Å². The largest absolute Gasteiger partial charge is 0.339 e. The summed E-state index contributed by atoms with van der Waals surface area (Å²) in [5, 5.41) is 4.63. The summed E-state index contributed by atoms with van der Waals surface area (Å²) >= 11 is 6.15. The minimum absolute atomic E-state index is 0.0502. The fourth-order valence-electron chi connectivity index (χ4n) is 2.52. The highest BCUT2D eigenvalue weighted by Gasteiger charge is 2.35. The van der Waals surface area contributed by atoms with Gasteiger partial charge < -0.3 is 9.42 Å². The van der Waals surface area contributed by atoms with Gasteiger partial charge in [-0.2, -0.15) is 4.98 Å². The predicted molar refractivity (Wildman–Crippen MR) is 84.3 cm³/mol. The van der Waals surface area contributed by atoms with E-state index in [0.717, 1.165) is 11.3 Å². The maximum Gasteiger partial charge on any atom is 0.232 e. The SMILES string of the molecule is Cc1ccc(N2CC(c3nc(C(C)C)no3)CC2=O)cc1Cl. The molecule has 1 saturated heterocycles. The molecule has 0 saturated carbocycles. The van der Waals surface area contributed by atoms with E-state index in [4.69, 9.17) is 16.1 Å². The Bertz CT molecular complexity index is 711. The number of carbonyl (C=O) groups is 1. The lowest BCUT2D eigenvalue weighted by atomic mass is 10.1. The lowest BCUT2D eigenvalue weighted by molar-refractivity contribution is -0.117. The van der Waals surface area contributed by atoms with Crippen molar-refractivity contribution in [3.63, 3.8) is 0 Å². The van der Waals surface area contributed by atoms with Crippen LogP contribution in [0.25, 0.3) is 0 Å². The third-order valence-electron chi connectivity index (χ3n) is 3.92. The maximum atomic E-state index is 12.3. The minimum atomic E-state index is -0.0624. The highest BCUT2D eigenvalue weighted by molar-refractivity contribution is 6.31. The van der Waals surface area contributed by atoms with Crippen molar-refractivity contribution in [2.75, 3.05) is 11.4 Å². The second-order valence-electron chi connectivity index (χ2n) is 5.98. The van der Waals surface area contributed by atoms with E-state index in [2.05, 4.69) is 10.1 Å². The van der Waals surface area contributed by atoms with E-state index < -0.39 is 0 Å². The minimum Gasteiger partial charge on any atom is -0.339 e. The van der Waals surface area contributed by atoms with Crippen LogP contribution >= 0.6 is 11.6 Å². The van der Waals surface area contributed by atoms with Crippen molar-refractivity contribution in [3.8, 4) is 0 Å². The number of hydrogen-bond donors (Lipinski definition) is 0. The van der Waals surface area contributed by atoms with Gasteiger partial charge in [0.05, 0.1) is 5.92 Å². The van der Waals surface area contributed by atoms with Gasteiger partial charge in [0.25, 0.3) is 0 Å². The third-order valence-corrected chi connectivity index (χ3v) is 4.32. The number of aryl methyl sites for hydroxylation is 1. The molecule has 1 unspecified atom stereocenters. The van der Waals surface area contributed by atoms with Crippen molar-refractivity contribution >= 4 is 23.2 Å². The molecular weight excluding hydrogens is 302 g/mol. The van der Waals surface area contributed by atoms with Crippen LogP contribution in [0, 0.1) is 6.92 Å². The Hall–Kier alpha value is -1.88. The molecule has 2 aromatic rings. The Morgan fingerprint density at radius 3 is 2.82 bits per heavy atom. The smallest absolute Gasteiger partial charge is 0.232 e. The summed E-state index contributed by atoms with van der Waals surface area (Å²) in [6.07, 6.45) is 0.380. The van der Waals surface area contributed by atoms with E-state index in [1.807, 2.05) is 39.0 Å². The molecule has 0 bridgehead atoms. The molecule has 22 heavy (non-hydrogen) atoms. The van der Waals surface area contributed by atoms with Crippen molar-refractivity contribution in [2.45, 2.75) is 39.0 Å². The van der Waals surface area contributed by atoms with E-state index in [9.17, 15) is 4.79 Å². The van der Waals surface area contributed by atoms with Gasteiger partial charge in [0.1, 0.15) is 0 Å². The van der Waals surface area contributed by atoms with Crippen LogP contribution in [-0.4, -0.2) is 22.6 Å². The maximum absolute atomic E-state index is 12.3. The molecule has 1 aromatic heterocycles. The first-order chi connectivity index (χ1) is 10.5. The number of amides is 1. The van der Waals surface area contributed by atoms with Gasteiger partial charge in [-0.15, -0.1) is 0 Å². The molecule has 1 atom stereocenters. The van der Waals surface area contributed by atoms with Gasteiger partial charge in [-0.25, -0.2) is 0 Å². The first-order valence-corrected chi connectivity index (χ1v) is 7.73. The molecule has 0 radical (unpaired) electrons. The van der Waals surface area contributed by atoms with Crippen LogP contribution < -0.4 is 4.90 Å². The molecule has 1 amide bonds. The molecule has 5 nitrogen and oxygen atoms in total. The summed E-state index contributed by atoms with van der Waals surface area (Å²) in [6.45, 7) is 6.49. The average molecular weight is 320 g/mol. The number of aromatic nitrogens is 2. The molecule has 1 aromatic carbocycles. The van der Waals surface area contributed by atoms with Crippen LogP contribution in [0.4, 0.5) is 5.69 Å². The van der Waals surface area contributed by atoms with Gasteiger partial charge in [0.2, 0.25) is 11.8 Å². The molecule has 0 spiro atoms. The number of carbonyl (C=O) groups excluding carboxylic acids is 1. The summed E-state index contributed by atoms with van der Waals surface area (Å²) in [7, 11) is 0. The summed E-state index contributed by atoms with van der Waals surface area (Å²) in [6, 6.07) is 5.65. The molecule has 1 fully saturated rings. The van der Waals surface area contributed by atoms with Crippen LogP contribution in [0.1, 0.15) is 49.4 Å². The second-order valence-corrected chi connectivity index (χ2v) is 6.39. The lowest BCUT2D eigenvalue weighted by Crippen LogP contribution is -2.24. The van der Waals surface area contributed by atoms with Crippen molar-refractivity contribution in [1.82, 2.24) is 10.1 Å². The predicted octanol–water partition coefficient (Wildman–Crippen LogP) is 3.68. The van der Waals surface area contributed by atoms with Gasteiger partial charge in [-0.3, -0.25) is 4.79 Å². The summed E-state index contributed by atoms with van der Waals surface area (Å²) in [4.78, 5) is 18.4. The van der Waals surface area contributed by atoms with Crippen molar-refractivity contribution in [3.05, 3.63) is 40.5 Å². The standard InChI is InChI=1S/C16H18ClN3O2/c1-9(2)15-18-16(22-19-15)11-6-14(21)20(8-11)12-5-4-10(3)13(17)7-12/h4-5,7,9,11H,6,8H2,1-3H3. The third kappa shape index (κ3) is 2.73. The van der Waals surface area contributed by atoms with E-state index in [1.165, 1.54) is 0 Å². The van der Waals surface area contributed by atoms with Gasteiger partial charge in [-0.1, -0.05) is 36.7 Å². The van der Waals surface area contributed by atoms with Crippen molar-refractivity contribution in [2.24, 2.45) is 0 Å². The Morgan fingerprint density at radius 2 is 2.18 bits per heavy atom. The Morgan fingerprint density at radius 1 is 1.41 bits per heavy atom. The van der Waals surface area contributed by atoms with Crippen LogP contribution in [0.2, 0.25) is 5.02 Å². The fourth-order valence-corrected chi connectivity index (χ4v) is 2.69. The monoisotopic (exact) mass is 319 g/mol. The lowest BCUT2D eigenvalue weighted by Gasteiger charge is -2.17. The summed E-state index contributed by atoms with van der Waals surface area (Å²) < 4.78 is 5.32. The number of benzene rings is 1. The van der Waals surface area contributed by atoms with Crippen LogP contribution in [0.15, 0.2) is 22.7 Å². The van der Waals surface area contributed by atoms with Crippen LogP contribution in [0.5, 0.6) is 0 Å². The number of rotatable bonds is 3. The van der Waals surface area contributed by atoms with Gasteiger partial charge in [-0.05, 0) is 24.6 Å². The number of anilines is 1. The Kier molecular flexibility index (Phi) is 3.91. The molecule has 0 aliphatic carbocycles. The van der Waals surface area contributed by atoms with Crippen LogP contribution in [-0.2, 0) is 4.79 Å². The molecule has 1 aliphatic heterocycles. The molecule has 0 N–H and O–H groups in total. The highest BCUT2D eigenvalue weighted by atomic mass is 35.5. The molecular formula is C16H18ClN3O2. The van der Waals surface area contributed by atoms with E-state index in [-0.39, 0.29) is 17.7 Å². The van der Waals surface area contributed by atoms with E-state index in [1.54, 1.807) is 4.90 Å². The van der Waals surface area contributed by atoms with E-state index in [0.29, 0.717) is 29.7 Å². The normalized spacial score (nSPS) is 18.5. The zero-order chi connectivity index (χ0) is 15.9. The molecule has 1 aliphatic rings. The first kappa shape index (κ1) is 15.0. The average Bonchev–Trinajstić information content (AvgIpc) is 3.08. The summed E-state index contributed by atoms with van der Waals surface area (Å²) in [5.74, 6) is 1.42. The number of halogens is 1. The van der Waals surface area contributed by atoms with Gasteiger partial charge in [0.15, 0.2) is 5.82 Å². The number of hydrogen-bond acceptors (Lipinski definition) is 4. The topological polar surface area (TPSA) is 59.2 Å².